The Labute approximate surface area is 186 Å². The monoisotopic (exact) mass is 436 g/mol. The summed E-state index contributed by atoms with van der Waals surface area (Å²) >= 11 is 0. The molecular formula is C25H29FN4O2. The largest absolute Gasteiger partial charge is 0.352 e. The third-order valence-corrected chi connectivity index (χ3v) is 6.88. The van der Waals surface area contributed by atoms with E-state index >= 15 is 0 Å². The first-order chi connectivity index (χ1) is 15.5. The highest BCUT2D eigenvalue weighted by atomic mass is 19.1. The number of likely N-dealkylation sites (tertiary alicyclic amines) is 1. The van der Waals surface area contributed by atoms with E-state index in [9.17, 15) is 14.0 Å². The summed E-state index contributed by atoms with van der Waals surface area (Å²) in [7, 11) is 0. The Kier molecular flexibility index (Phi) is 5.59. The van der Waals surface area contributed by atoms with Crippen LogP contribution in [0.15, 0.2) is 53.3 Å². The van der Waals surface area contributed by atoms with Crippen molar-refractivity contribution in [1.29, 1.82) is 0 Å². The molecule has 2 aliphatic rings. The van der Waals surface area contributed by atoms with Crippen molar-refractivity contribution in [3.05, 3.63) is 70.4 Å². The van der Waals surface area contributed by atoms with Crippen LogP contribution < -0.4 is 11.0 Å². The number of hydrogen-bond donors (Lipinski definition) is 2. The molecule has 0 bridgehead atoms. The number of aromatic nitrogens is 2. The van der Waals surface area contributed by atoms with Gasteiger partial charge in [-0.1, -0.05) is 30.3 Å². The van der Waals surface area contributed by atoms with Gasteiger partial charge in [0.25, 0.3) is 0 Å². The molecule has 1 aliphatic carbocycles. The second kappa shape index (κ2) is 8.54. The van der Waals surface area contributed by atoms with Gasteiger partial charge in [-0.2, -0.15) is 0 Å². The van der Waals surface area contributed by atoms with Crippen LogP contribution in [0.3, 0.4) is 0 Å². The number of piperidine rings is 1. The molecule has 1 saturated heterocycles. The number of halogens is 1. The lowest BCUT2D eigenvalue weighted by Crippen LogP contribution is -2.45. The van der Waals surface area contributed by atoms with E-state index in [1.165, 1.54) is 17.7 Å². The predicted octanol–water partition coefficient (Wildman–Crippen LogP) is 3.41. The number of amides is 1. The second-order valence-corrected chi connectivity index (χ2v) is 9.26. The number of carbonyl (C=O) groups is 1. The maximum atomic E-state index is 13.7. The van der Waals surface area contributed by atoms with Crippen LogP contribution in [0.2, 0.25) is 0 Å². The van der Waals surface area contributed by atoms with E-state index in [1.54, 1.807) is 10.6 Å². The van der Waals surface area contributed by atoms with Crippen molar-refractivity contribution in [2.45, 2.75) is 44.2 Å². The molecule has 7 heteroatoms. The summed E-state index contributed by atoms with van der Waals surface area (Å²) in [5.41, 5.74) is 2.37. The van der Waals surface area contributed by atoms with Crippen molar-refractivity contribution >= 4 is 16.9 Å². The van der Waals surface area contributed by atoms with Crippen LogP contribution in [0.25, 0.3) is 11.0 Å². The second-order valence-electron chi connectivity index (χ2n) is 9.26. The van der Waals surface area contributed by atoms with Gasteiger partial charge in [0.05, 0.1) is 11.0 Å². The van der Waals surface area contributed by atoms with E-state index in [1.807, 2.05) is 18.2 Å². The Balaban J connectivity index is 1.13. The Morgan fingerprint density at radius 3 is 2.69 bits per heavy atom. The summed E-state index contributed by atoms with van der Waals surface area (Å²) in [6.07, 6.45) is 2.57. The number of hydrogen-bond acceptors (Lipinski definition) is 3. The molecule has 5 rings (SSSR count). The molecule has 0 spiro atoms. The van der Waals surface area contributed by atoms with Gasteiger partial charge in [0.2, 0.25) is 5.91 Å². The minimum Gasteiger partial charge on any atom is -0.352 e. The first-order valence-corrected chi connectivity index (χ1v) is 11.5. The average Bonchev–Trinajstić information content (AvgIpc) is 3.52. The molecular weight excluding hydrogens is 407 g/mol. The van der Waals surface area contributed by atoms with Crippen molar-refractivity contribution in [3.8, 4) is 0 Å². The van der Waals surface area contributed by atoms with Crippen LogP contribution in [0.5, 0.6) is 0 Å². The van der Waals surface area contributed by atoms with Gasteiger partial charge >= 0.3 is 5.69 Å². The molecule has 3 aromatic rings. The van der Waals surface area contributed by atoms with Crippen LogP contribution in [0, 0.1) is 11.7 Å². The number of fused-ring (bicyclic) bond motifs is 1. The van der Waals surface area contributed by atoms with Crippen LogP contribution in [-0.2, 0) is 4.79 Å². The molecule has 6 nitrogen and oxygen atoms in total. The Morgan fingerprint density at radius 2 is 1.94 bits per heavy atom. The molecule has 0 radical (unpaired) electrons. The minimum atomic E-state index is -0.336. The summed E-state index contributed by atoms with van der Waals surface area (Å²) in [5, 5.41) is 3.18. The number of aromatic amines is 1. The van der Waals surface area contributed by atoms with Crippen molar-refractivity contribution in [1.82, 2.24) is 19.8 Å². The van der Waals surface area contributed by atoms with E-state index in [2.05, 4.69) is 34.3 Å². The molecule has 32 heavy (non-hydrogen) atoms. The molecule has 1 aromatic heterocycles. The lowest BCUT2D eigenvalue weighted by Gasteiger charge is -2.34. The molecule has 2 aromatic carbocycles. The fourth-order valence-electron chi connectivity index (χ4n) is 5.15. The molecule has 3 atom stereocenters. The van der Waals surface area contributed by atoms with Gasteiger partial charge in [-0.25, -0.2) is 9.18 Å². The van der Waals surface area contributed by atoms with Crippen molar-refractivity contribution < 1.29 is 9.18 Å². The van der Waals surface area contributed by atoms with Crippen molar-refractivity contribution in [2.24, 2.45) is 5.92 Å². The maximum Gasteiger partial charge on any atom is 0.326 e. The molecule has 1 saturated carbocycles. The summed E-state index contributed by atoms with van der Waals surface area (Å²) in [6, 6.07) is 14.8. The Bertz CT molecular complexity index is 1160. The third-order valence-electron chi connectivity index (χ3n) is 6.88. The summed E-state index contributed by atoms with van der Waals surface area (Å²) < 4.78 is 15.4. The van der Waals surface area contributed by atoms with Crippen LogP contribution in [-0.4, -0.2) is 46.0 Å². The van der Waals surface area contributed by atoms with E-state index < -0.39 is 0 Å². The molecule has 168 valence electrons. The highest BCUT2D eigenvalue weighted by molar-refractivity contribution is 5.83. The number of nitrogens with zero attached hydrogens (tertiary/aromatic N) is 2. The molecule has 2 fully saturated rings. The maximum absolute atomic E-state index is 13.7. The topological polar surface area (TPSA) is 70.1 Å². The third kappa shape index (κ3) is 4.21. The van der Waals surface area contributed by atoms with Crippen LogP contribution in [0.1, 0.15) is 43.7 Å². The molecule has 2 heterocycles. The zero-order valence-corrected chi connectivity index (χ0v) is 18.3. The van der Waals surface area contributed by atoms with E-state index in [0.717, 1.165) is 38.9 Å². The molecule has 1 aliphatic heterocycles. The Morgan fingerprint density at radius 1 is 1.19 bits per heavy atom. The van der Waals surface area contributed by atoms with E-state index in [0.29, 0.717) is 17.0 Å². The zero-order chi connectivity index (χ0) is 22.2. The van der Waals surface area contributed by atoms with Gasteiger partial charge in [0.15, 0.2) is 0 Å². The number of carbonyl (C=O) groups excluding carboxylic acids is 1. The van der Waals surface area contributed by atoms with Gasteiger partial charge in [-0.05, 0) is 55.9 Å². The van der Waals surface area contributed by atoms with Gasteiger partial charge < -0.3 is 15.2 Å². The molecule has 1 amide bonds. The smallest absolute Gasteiger partial charge is 0.326 e. The summed E-state index contributed by atoms with van der Waals surface area (Å²) in [5.74, 6) is 0.240. The highest BCUT2D eigenvalue weighted by Gasteiger charge is 2.44. The first-order valence-electron chi connectivity index (χ1n) is 11.5. The fourth-order valence-corrected chi connectivity index (χ4v) is 5.15. The molecule has 2 unspecified atom stereocenters. The average molecular weight is 437 g/mol. The van der Waals surface area contributed by atoms with E-state index in [-0.39, 0.29) is 35.4 Å². The normalized spacial score (nSPS) is 22.7. The van der Waals surface area contributed by atoms with Gasteiger partial charge in [-0.3, -0.25) is 9.36 Å². The Hall–Kier alpha value is -2.93. The predicted molar refractivity (Wildman–Crippen MR) is 122 cm³/mol. The molecule has 2 N–H and O–H groups in total. The number of H-pyrrole nitrogens is 1. The lowest BCUT2D eigenvalue weighted by atomic mass is 10.0. The number of rotatable bonds is 6. The van der Waals surface area contributed by atoms with Gasteiger partial charge in [0.1, 0.15) is 5.82 Å². The van der Waals surface area contributed by atoms with Crippen LogP contribution in [0.4, 0.5) is 4.39 Å². The lowest BCUT2D eigenvalue weighted by molar-refractivity contribution is -0.123. The van der Waals surface area contributed by atoms with Gasteiger partial charge in [0, 0.05) is 37.6 Å². The summed E-state index contributed by atoms with van der Waals surface area (Å²) in [6.45, 7) is 4.53. The first kappa shape index (κ1) is 20.9. The van der Waals surface area contributed by atoms with Crippen molar-refractivity contribution in [3.63, 3.8) is 0 Å². The minimum absolute atomic E-state index is 0.0530. The number of benzene rings is 2. The quantitative estimate of drug-likeness (QED) is 0.622. The zero-order valence-electron chi connectivity index (χ0n) is 18.3. The van der Waals surface area contributed by atoms with Crippen molar-refractivity contribution in [2.75, 3.05) is 19.6 Å². The highest BCUT2D eigenvalue weighted by Crippen LogP contribution is 2.47. The standard InChI is InChI=1S/C25H29FN4O2/c1-16(27-24(31)21-14-20(21)17-5-3-2-4-6-17)15-29-11-9-19(10-12-29)30-23-13-18(26)7-8-22(23)28-25(30)32/h2-8,13,16,19-21H,9-12,14-15H2,1H3,(H,27,31)(H,28,32)/t16-,20?,21?/m0/s1. The van der Waals surface area contributed by atoms with E-state index in [4.69, 9.17) is 0 Å². The number of imidazole rings is 1. The number of nitrogens with one attached hydrogen (secondary N) is 2. The summed E-state index contributed by atoms with van der Waals surface area (Å²) in [4.78, 5) is 30.3. The van der Waals surface area contributed by atoms with Crippen LogP contribution >= 0.6 is 0 Å². The fraction of sp³-hybridized carbons (Fsp3) is 0.440. The van der Waals surface area contributed by atoms with Gasteiger partial charge in [-0.15, -0.1) is 0 Å². The SMILES string of the molecule is C[C@@H](CN1CCC(n2c(=O)[nH]c3ccc(F)cc32)CC1)NC(=O)C1CC1c1ccccc1.